The standard InChI is InChI=1S/C15H22N2O3/c1-19-13-4-2-3-5-14(13)20-11-8-15(18)17-12-6-9-16-10-7-12/h2-5,12,16H,6-11H2,1H3,(H,17,18). The Hall–Kier alpha value is -1.75. The molecule has 5 nitrogen and oxygen atoms in total. The van der Waals surface area contributed by atoms with Crippen molar-refractivity contribution >= 4 is 5.91 Å². The lowest BCUT2D eigenvalue weighted by Gasteiger charge is -2.23. The van der Waals surface area contributed by atoms with Crippen LogP contribution in [0.1, 0.15) is 19.3 Å². The number of para-hydroxylation sites is 2. The summed E-state index contributed by atoms with van der Waals surface area (Å²) in [7, 11) is 1.60. The maximum atomic E-state index is 11.8. The van der Waals surface area contributed by atoms with Gasteiger partial charge < -0.3 is 20.1 Å². The van der Waals surface area contributed by atoms with Crippen LogP contribution >= 0.6 is 0 Å². The molecule has 2 N–H and O–H groups in total. The van der Waals surface area contributed by atoms with Crippen LogP contribution in [0.4, 0.5) is 0 Å². The first-order valence-corrected chi connectivity index (χ1v) is 7.05. The molecule has 0 bridgehead atoms. The first-order valence-electron chi connectivity index (χ1n) is 7.05. The maximum absolute atomic E-state index is 11.8. The largest absolute Gasteiger partial charge is 0.493 e. The van der Waals surface area contributed by atoms with E-state index in [2.05, 4.69) is 10.6 Å². The van der Waals surface area contributed by atoms with Gasteiger partial charge in [0.05, 0.1) is 20.1 Å². The molecule has 0 aliphatic carbocycles. The molecular formula is C15H22N2O3. The fourth-order valence-electron chi connectivity index (χ4n) is 2.26. The summed E-state index contributed by atoms with van der Waals surface area (Å²) < 4.78 is 10.8. The lowest BCUT2D eigenvalue weighted by Crippen LogP contribution is -2.43. The first-order chi connectivity index (χ1) is 9.79. The third kappa shape index (κ3) is 4.42. The predicted octanol–water partition coefficient (Wildman–Crippen LogP) is 1.33. The highest BCUT2D eigenvalue weighted by atomic mass is 16.5. The molecule has 0 spiro atoms. The molecule has 1 aliphatic heterocycles. The Kier molecular flexibility index (Phi) is 5.68. The molecule has 0 aromatic heterocycles. The second-order valence-corrected chi connectivity index (χ2v) is 4.84. The van der Waals surface area contributed by atoms with Crippen molar-refractivity contribution < 1.29 is 14.3 Å². The molecule has 0 atom stereocenters. The number of hydrogen-bond donors (Lipinski definition) is 2. The van der Waals surface area contributed by atoms with Gasteiger partial charge in [-0.25, -0.2) is 0 Å². The number of hydrogen-bond acceptors (Lipinski definition) is 4. The monoisotopic (exact) mass is 278 g/mol. The van der Waals surface area contributed by atoms with Gasteiger partial charge in [-0.1, -0.05) is 12.1 Å². The average molecular weight is 278 g/mol. The molecule has 110 valence electrons. The van der Waals surface area contributed by atoms with E-state index in [1.54, 1.807) is 7.11 Å². The van der Waals surface area contributed by atoms with E-state index >= 15 is 0 Å². The Morgan fingerprint density at radius 1 is 1.30 bits per heavy atom. The molecule has 0 radical (unpaired) electrons. The van der Waals surface area contributed by atoms with Gasteiger partial charge in [0.15, 0.2) is 11.5 Å². The van der Waals surface area contributed by atoms with E-state index in [-0.39, 0.29) is 5.91 Å². The molecule has 1 amide bonds. The van der Waals surface area contributed by atoms with E-state index < -0.39 is 0 Å². The Morgan fingerprint density at radius 3 is 2.70 bits per heavy atom. The number of carbonyl (C=O) groups excluding carboxylic acids is 1. The fourth-order valence-corrected chi connectivity index (χ4v) is 2.26. The number of rotatable bonds is 6. The predicted molar refractivity (Wildman–Crippen MR) is 77.1 cm³/mol. The van der Waals surface area contributed by atoms with Crippen LogP contribution in [0, 0.1) is 0 Å². The third-order valence-electron chi connectivity index (χ3n) is 3.36. The van der Waals surface area contributed by atoms with Crippen LogP contribution in [0.5, 0.6) is 11.5 Å². The molecule has 0 unspecified atom stereocenters. The Labute approximate surface area is 119 Å². The highest BCUT2D eigenvalue weighted by molar-refractivity contribution is 5.76. The fraction of sp³-hybridized carbons (Fsp3) is 0.533. The second-order valence-electron chi connectivity index (χ2n) is 4.84. The SMILES string of the molecule is COc1ccccc1OCCC(=O)NC1CCNCC1. The molecule has 5 heteroatoms. The summed E-state index contributed by atoms with van der Waals surface area (Å²) in [6, 6.07) is 7.74. The number of methoxy groups -OCH3 is 1. The van der Waals surface area contributed by atoms with E-state index in [1.165, 1.54) is 0 Å². The lowest BCUT2D eigenvalue weighted by molar-refractivity contribution is -0.122. The van der Waals surface area contributed by atoms with Crippen LogP contribution in [-0.2, 0) is 4.79 Å². The van der Waals surface area contributed by atoms with Gasteiger partial charge in [-0.3, -0.25) is 4.79 Å². The zero-order valence-electron chi connectivity index (χ0n) is 11.9. The smallest absolute Gasteiger partial charge is 0.223 e. The van der Waals surface area contributed by atoms with Crippen molar-refractivity contribution in [2.75, 3.05) is 26.8 Å². The molecule has 0 saturated carbocycles. The van der Waals surface area contributed by atoms with Crippen molar-refractivity contribution in [2.45, 2.75) is 25.3 Å². The summed E-state index contributed by atoms with van der Waals surface area (Å²) in [5.41, 5.74) is 0. The maximum Gasteiger partial charge on any atom is 0.223 e. The van der Waals surface area contributed by atoms with Crippen molar-refractivity contribution in [3.63, 3.8) is 0 Å². The Morgan fingerprint density at radius 2 is 2.00 bits per heavy atom. The van der Waals surface area contributed by atoms with Crippen LogP contribution < -0.4 is 20.1 Å². The highest BCUT2D eigenvalue weighted by Gasteiger charge is 2.15. The molecule has 1 aromatic rings. The van der Waals surface area contributed by atoms with Crippen LogP contribution in [0.3, 0.4) is 0 Å². The van der Waals surface area contributed by atoms with Gasteiger partial charge in [0.25, 0.3) is 0 Å². The van der Waals surface area contributed by atoms with E-state index in [1.807, 2.05) is 24.3 Å². The lowest BCUT2D eigenvalue weighted by atomic mass is 10.1. The normalized spacial score (nSPS) is 15.7. The number of benzene rings is 1. The van der Waals surface area contributed by atoms with E-state index in [0.29, 0.717) is 30.6 Å². The summed E-state index contributed by atoms with van der Waals surface area (Å²) in [6.45, 7) is 2.31. The molecule has 1 heterocycles. The van der Waals surface area contributed by atoms with E-state index in [4.69, 9.17) is 9.47 Å². The van der Waals surface area contributed by atoms with Crippen molar-refractivity contribution in [3.8, 4) is 11.5 Å². The second kappa shape index (κ2) is 7.75. The Balaban J connectivity index is 1.70. The first kappa shape index (κ1) is 14.7. The molecule has 1 aromatic carbocycles. The number of nitrogens with one attached hydrogen (secondary N) is 2. The number of piperidine rings is 1. The quantitative estimate of drug-likeness (QED) is 0.824. The van der Waals surface area contributed by atoms with E-state index in [0.717, 1.165) is 25.9 Å². The minimum Gasteiger partial charge on any atom is -0.493 e. The van der Waals surface area contributed by atoms with Crippen LogP contribution in [-0.4, -0.2) is 38.8 Å². The van der Waals surface area contributed by atoms with Gasteiger partial charge in [-0.15, -0.1) is 0 Å². The van der Waals surface area contributed by atoms with Crippen molar-refractivity contribution in [2.24, 2.45) is 0 Å². The molecule has 1 saturated heterocycles. The number of amides is 1. The highest BCUT2D eigenvalue weighted by Crippen LogP contribution is 2.25. The minimum atomic E-state index is 0.0480. The summed E-state index contributed by atoms with van der Waals surface area (Å²) in [6.07, 6.45) is 2.36. The van der Waals surface area contributed by atoms with Gasteiger partial charge in [-0.2, -0.15) is 0 Å². The number of carbonyl (C=O) groups is 1. The zero-order chi connectivity index (χ0) is 14.2. The zero-order valence-corrected chi connectivity index (χ0v) is 11.9. The van der Waals surface area contributed by atoms with E-state index in [9.17, 15) is 4.79 Å². The Bertz CT molecular complexity index is 431. The molecular weight excluding hydrogens is 256 g/mol. The van der Waals surface area contributed by atoms with Crippen molar-refractivity contribution in [1.82, 2.24) is 10.6 Å². The molecule has 1 fully saturated rings. The van der Waals surface area contributed by atoms with Gasteiger partial charge in [0.1, 0.15) is 0 Å². The van der Waals surface area contributed by atoms with Gasteiger partial charge >= 0.3 is 0 Å². The summed E-state index contributed by atoms with van der Waals surface area (Å²) >= 11 is 0. The number of ether oxygens (including phenoxy) is 2. The van der Waals surface area contributed by atoms with Crippen molar-refractivity contribution in [3.05, 3.63) is 24.3 Å². The molecule has 2 rings (SSSR count). The molecule has 1 aliphatic rings. The van der Waals surface area contributed by atoms with Gasteiger partial charge in [-0.05, 0) is 38.1 Å². The minimum absolute atomic E-state index is 0.0480. The summed E-state index contributed by atoms with van der Waals surface area (Å²) in [5, 5.41) is 6.32. The molecule has 20 heavy (non-hydrogen) atoms. The summed E-state index contributed by atoms with van der Waals surface area (Å²) in [5.74, 6) is 1.41. The van der Waals surface area contributed by atoms with Crippen LogP contribution in [0.2, 0.25) is 0 Å². The van der Waals surface area contributed by atoms with Crippen LogP contribution in [0.15, 0.2) is 24.3 Å². The van der Waals surface area contributed by atoms with Crippen LogP contribution in [0.25, 0.3) is 0 Å². The topological polar surface area (TPSA) is 59.6 Å². The van der Waals surface area contributed by atoms with Gasteiger partial charge in [0.2, 0.25) is 5.91 Å². The average Bonchev–Trinajstić information content (AvgIpc) is 2.49. The third-order valence-corrected chi connectivity index (χ3v) is 3.36. The summed E-state index contributed by atoms with van der Waals surface area (Å²) in [4.78, 5) is 11.8. The van der Waals surface area contributed by atoms with Gasteiger partial charge in [0, 0.05) is 6.04 Å². The van der Waals surface area contributed by atoms with Crippen molar-refractivity contribution in [1.29, 1.82) is 0 Å².